The molecule has 3 aromatic rings. The van der Waals surface area contributed by atoms with Crippen molar-refractivity contribution in [1.29, 1.82) is 0 Å². The second-order valence-electron chi connectivity index (χ2n) is 16.5. The van der Waals surface area contributed by atoms with Crippen LogP contribution in [0, 0.1) is 40.4 Å². The van der Waals surface area contributed by atoms with E-state index < -0.39 is 18.0 Å². The summed E-state index contributed by atoms with van der Waals surface area (Å²) in [5.41, 5.74) is 1.02. The molecule has 8 heteroatoms. The minimum Gasteiger partial charge on any atom is -0.459 e. The highest BCUT2D eigenvalue weighted by Gasteiger charge is 2.69. The first-order valence-corrected chi connectivity index (χ1v) is 19.1. The molecule has 0 aromatic heterocycles. The molecule has 0 amide bonds. The maximum atomic E-state index is 14.0. The van der Waals surface area contributed by atoms with Gasteiger partial charge >= 0.3 is 17.9 Å². The summed E-state index contributed by atoms with van der Waals surface area (Å²) in [5.74, 6) is -1.52. The summed E-state index contributed by atoms with van der Waals surface area (Å²) >= 11 is 0. The Labute approximate surface area is 306 Å². The SMILES string of the molecule is CC1(C2CC[C@H]3[C@H]4[C@H]([C@H](OC(=O)c5ccccc5)C[C@]23C)[C@@]2(C)CC[C@H](OC(=O)c3ccccc3)C[C@H]2C[C@H]4OC(=O)c2ccccc2)OCCO1. The van der Waals surface area contributed by atoms with E-state index >= 15 is 0 Å². The molecule has 3 aromatic carbocycles. The molecule has 0 N–H and O–H groups in total. The van der Waals surface area contributed by atoms with Gasteiger partial charge in [-0.3, -0.25) is 0 Å². The fraction of sp³-hybridized carbons (Fsp3) is 0.523. The lowest BCUT2D eigenvalue weighted by atomic mass is 9.43. The molecule has 5 fully saturated rings. The third-order valence-electron chi connectivity index (χ3n) is 13.8. The highest BCUT2D eigenvalue weighted by molar-refractivity contribution is 5.90. The Morgan fingerprint density at radius 2 is 1.13 bits per heavy atom. The molecule has 8 nitrogen and oxygen atoms in total. The van der Waals surface area contributed by atoms with E-state index in [0.717, 1.165) is 19.3 Å². The van der Waals surface area contributed by atoms with Crippen LogP contribution in [0.15, 0.2) is 91.0 Å². The van der Waals surface area contributed by atoms with Gasteiger partial charge in [0.15, 0.2) is 5.79 Å². The standard InChI is InChI=1S/C44H50O8/c1-42-22-21-32(50-39(45)28-13-7-4-8-14-28)25-31(42)26-34(51-40(46)29-15-9-5-10-16-29)37-33-19-20-36(44(3)48-23-24-49-44)43(33,2)27-35(38(37)42)52-41(47)30-17-11-6-12-18-30/h4-18,31-38H,19-27H2,1-3H3/t31-,32-,33-,34+,35+,36?,37+,38-,42-,43-/m0/s1. The van der Waals surface area contributed by atoms with Crippen LogP contribution in [-0.4, -0.2) is 55.2 Å². The molecular weight excluding hydrogens is 656 g/mol. The van der Waals surface area contributed by atoms with Gasteiger partial charge in [0.1, 0.15) is 18.3 Å². The van der Waals surface area contributed by atoms with Gasteiger partial charge in [0, 0.05) is 17.8 Å². The molecule has 4 saturated carbocycles. The third-order valence-corrected chi connectivity index (χ3v) is 13.8. The predicted octanol–water partition coefficient (Wildman–Crippen LogP) is 8.30. The molecule has 1 unspecified atom stereocenters. The topological polar surface area (TPSA) is 97.4 Å². The summed E-state index contributed by atoms with van der Waals surface area (Å²) < 4.78 is 32.2. The summed E-state index contributed by atoms with van der Waals surface area (Å²) in [7, 11) is 0. The maximum Gasteiger partial charge on any atom is 0.338 e. The molecule has 52 heavy (non-hydrogen) atoms. The van der Waals surface area contributed by atoms with Crippen molar-refractivity contribution in [3.05, 3.63) is 108 Å². The van der Waals surface area contributed by atoms with Gasteiger partial charge in [-0.2, -0.15) is 0 Å². The van der Waals surface area contributed by atoms with Crippen LogP contribution in [-0.2, 0) is 23.7 Å². The van der Waals surface area contributed by atoms with Gasteiger partial charge in [-0.15, -0.1) is 0 Å². The van der Waals surface area contributed by atoms with Crippen molar-refractivity contribution in [2.45, 2.75) is 89.8 Å². The van der Waals surface area contributed by atoms with Gasteiger partial charge in [0.25, 0.3) is 0 Å². The lowest BCUT2D eigenvalue weighted by molar-refractivity contribution is -0.245. The minimum atomic E-state index is -0.734. The average molecular weight is 707 g/mol. The second kappa shape index (κ2) is 13.8. The fourth-order valence-corrected chi connectivity index (χ4v) is 11.5. The number of hydrogen-bond acceptors (Lipinski definition) is 8. The van der Waals surface area contributed by atoms with Crippen LogP contribution in [0.4, 0.5) is 0 Å². The Morgan fingerprint density at radius 1 is 0.615 bits per heavy atom. The van der Waals surface area contributed by atoms with Crippen LogP contribution in [0.3, 0.4) is 0 Å². The number of esters is 3. The van der Waals surface area contributed by atoms with Crippen molar-refractivity contribution in [3.63, 3.8) is 0 Å². The zero-order valence-corrected chi connectivity index (χ0v) is 30.4. The van der Waals surface area contributed by atoms with Gasteiger partial charge in [-0.25, -0.2) is 14.4 Å². The van der Waals surface area contributed by atoms with E-state index in [-0.39, 0.29) is 64.4 Å². The van der Waals surface area contributed by atoms with Crippen LogP contribution in [0.2, 0.25) is 0 Å². The van der Waals surface area contributed by atoms with Crippen LogP contribution < -0.4 is 0 Å². The van der Waals surface area contributed by atoms with Crippen LogP contribution >= 0.6 is 0 Å². The van der Waals surface area contributed by atoms with Crippen molar-refractivity contribution in [2.75, 3.05) is 13.2 Å². The predicted molar refractivity (Wildman–Crippen MR) is 193 cm³/mol. The number of fused-ring (bicyclic) bond motifs is 5. The van der Waals surface area contributed by atoms with Crippen molar-refractivity contribution in [2.24, 2.45) is 40.4 Å². The van der Waals surface area contributed by atoms with Crippen LogP contribution in [0.25, 0.3) is 0 Å². The molecule has 1 heterocycles. The molecule has 0 bridgehead atoms. The highest BCUT2D eigenvalue weighted by Crippen LogP contribution is 2.70. The quantitative estimate of drug-likeness (QED) is 0.179. The second-order valence-corrected chi connectivity index (χ2v) is 16.5. The fourth-order valence-electron chi connectivity index (χ4n) is 11.5. The first kappa shape index (κ1) is 35.0. The van der Waals surface area contributed by atoms with Crippen molar-refractivity contribution in [3.8, 4) is 0 Å². The van der Waals surface area contributed by atoms with E-state index in [0.29, 0.717) is 55.6 Å². The van der Waals surface area contributed by atoms with Gasteiger partial charge < -0.3 is 23.7 Å². The van der Waals surface area contributed by atoms with Gasteiger partial charge in [-0.1, -0.05) is 68.4 Å². The van der Waals surface area contributed by atoms with E-state index in [1.165, 1.54) is 0 Å². The molecule has 1 saturated heterocycles. The van der Waals surface area contributed by atoms with E-state index in [2.05, 4.69) is 20.8 Å². The van der Waals surface area contributed by atoms with E-state index in [1.807, 2.05) is 54.6 Å². The molecule has 10 atom stereocenters. The Balaban J connectivity index is 1.18. The van der Waals surface area contributed by atoms with E-state index in [9.17, 15) is 14.4 Å². The van der Waals surface area contributed by atoms with Crippen LogP contribution in [0.5, 0.6) is 0 Å². The molecule has 8 rings (SSSR count). The molecule has 274 valence electrons. The van der Waals surface area contributed by atoms with Crippen molar-refractivity contribution >= 4 is 17.9 Å². The molecule has 1 aliphatic heterocycles. The largest absolute Gasteiger partial charge is 0.459 e. The summed E-state index contributed by atoms with van der Waals surface area (Å²) in [5, 5.41) is 0. The normalized spacial score (nSPS) is 36.1. The Kier molecular flexibility index (Phi) is 9.27. The average Bonchev–Trinajstić information content (AvgIpc) is 3.76. The molecule has 0 radical (unpaired) electrons. The Hall–Kier alpha value is -4.01. The number of hydrogen-bond donors (Lipinski definition) is 0. The summed E-state index contributed by atoms with van der Waals surface area (Å²) in [6.07, 6.45) is 4.24. The minimum absolute atomic E-state index is 0.0559. The Morgan fingerprint density at radius 3 is 1.69 bits per heavy atom. The van der Waals surface area contributed by atoms with Gasteiger partial charge in [0.2, 0.25) is 0 Å². The summed E-state index contributed by atoms with van der Waals surface area (Å²) in [6.45, 7) is 7.86. The molecule has 4 aliphatic carbocycles. The third kappa shape index (κ3) is 6.15. The highest BCUT2D eigenvalue weighted by atomic mass is 16.7. The van der Waals surface area contributed by atoms with E-state index in [1.54, 1.807) is 36.4 Å². The molecular formula is C44H50O8. The molecule has 0 spiro atoms. The van der Waals surface area contributed by atoms with Gasteiger partial charge in [0.05, 0.1) is 29.9 Å². The number of carbonyl (C=O) groups is 3. The van der Waals surface area contributed by atoms with Crippen molar-refractivity contribution < 1.29 is 38.1 Å². The number of carbonyl (C=O) groups excluding carboxylic acids is 3. The number of rotatable bonds is 7. The maximum absolute atomic E-state index is 14.0. The Bertz CT molecular complexity index is 1760. The lowest BCUT2D eigenvalue weighted by Gasteiger charge is -2.64. The smallest absolute Gasteiger partial charge is 0.338 e. The van der Waals surface area contributed by atoms with Gasteiger partial charge in [-0.05, 0) is 111 Å². The number of benzene rings is 3. The molecule has 5 aliphatic rings. The zero-order valence-electron chi connectivity index (χ0n) is 30.4. The monoisotopic (exact) mass is 706 g/mol. The summed E-state index contributed by atoms with van der Waals surface area (Å²) in [4.78, 5) is 41.1. The van der Waals surface area contributed by atoms with E-state index in [4.69, 9.17) is 23.7 Å². The number of ether oxygens (including phenoxy) is 5. The van der Waals surface area contributed by atoms with Crippen LogP contribution in [0.1, 0.15) is 96.8 Å². The first-order valence-electron chi connectivity index (χ1n) is 19.1. The lowest BCUT2D eigenvalue weighted by Crippen LogP contribution is -2.65. The summed E-state index contributed by atoms with van der Waals surface area (Å²) in [6, 6.07) is 27.5. The zero-order chi connectivity index (χ0) is 36.1. The first-order chi connectivity index (χ1) is 25.1. The van der Waals surface area contributed by atoms with Crippen molar-refractivity contribution in [1.82, 2.24) is 0 Å².